The van der Waals surface area contributed by atoms with E-state index in [0.717, 1.165) is 6.26 Å². The Morgan fingerprint density at radius 3 is 2.26 bits per heavy atom. The van der Waals surface area contributed by atoms with Gasteiger partial charge in [0.05, 0.1) is 27.8 Å². The monoisotopic (exact) mass is 486 g/mol. The Morgan fingerprint density at radius 2 is 1.65 bits per heavy atom. The highest BCUT2D eigenvalue weighted by atomic mass is 35.5. The van der Waals surface area contributed by atoms with Crippen LogP contribution in [-0.2, 0) is 24.6 Å². The number of rotatable bonds is 5. The summed E-state index contributed by atoms with van der Waals surface area (Å²) in [4.78, 5) is 12.6. The molecule has 0 aliphatic carbocycles. The number of carbonyl (C=O) groups excluding carboxylic acids is 1. The number of anilines is 1. The Bertz CT molecular complexity index is 1200. The van der Waals surface area contributed by atoms with Crippen molar-refractivity contribution in [2.24, 2.45) is 0 Å². The van der Waals surface area contributed by atoms with Gasteiger partial charge in [-0.3, -0.25) is 4.79 Å². The van der Waals surface area contributed by atoms with E-state index in [4.69, 9.17) is 16.3 Å². The molecule has 0 aromatic heterocycles. The van der Waals surface area contributed by atoms with Gasteiger partial charge >= 0.3 is 0 Å². The van der Waals surface area contributed by atoms with Crippen molar-refractivity contribution in [3.05, 3.63) is 53.1 Å². The highest BCUT2D eigenvalue weighted by Gasteiger charge is 2.34. The van der Waals surface area contributed by atoms with Crippen LogP contribution in [0, 0.1) is 0 Å². The van der Waals surface area contributed by atoms with E-state index in [0.29, 0.717) is 0 Å². The SMILES string of the molecule is CC1CN(S(=O)(=O)c2cc(C(=O)Nc3ccccc3S(C)(=O)=O)ccc2Cl)CC(C)O1. The van der Waals surface area contributed by atoms with Crippen LogP contribution >= 0.6 is 11.6 Å². The van der Waals surface area contributed by atoms with Gasteiger partial charge in [-0.2, -0.15) is 4.31 Å². The number of morpholine rings is 1. The lowest BCUT2D eigenvalue weighted by Crippen LogP contribution is -2.48. The summed E-state index contributed by atoms with van der Waals surface area (Å²) in [5, 5.41) is 2.52. The quantitative estimate of drug-likeness (QED) is 0.695. The molecule has 11 heteroatoms. The minimum absolute atomic E-state index is 0.0140. The van der Waals surface area contributed by atoms with Crippen molar-refractivity contribution in [1.82, 2.24) is 4.31 Å². The van der Waals surface area contributed by atoms with Crippen LogP contribution in [0.25, 0.3) is 0 Å². The third kappa shape index (κ3) is 5.27. The summed E-state index contributed by atoms with van der Waals surface area (Å²) < 4.78 is 57.2. The molecule has 0 spiro atoms. The lowest BCUT2D eigenvalue weighted by molar-refractivity contribution is -0.0440. The Kier molecular flexibility index (Phi) is 6.78. The largest absolute Gasteiger partial charge is 0.373 e. The first-order valence-corrected chi connectivity index (χ1v) is 13.2. The summed E-state index contributed by atoms with van der Waals surface area (Å²) in [6.45, 7) is 3.90. The Balaban J connectivity index is 1.94. The van der Waals surface area contributed by atoms with Crippen molar-refractivity contribution in [2.45, 2.75) is 35.8 Å². The zero-order chi connectivity index (χ0) is 23.0. The fourth-order valence-corrected chi connectivity index (χ4v) is 6.33. The zero-order valence-corrected chi connectivity index (χ0v) is 19.6. The molecule has 168 valence electrons. The number of para-hydroxylation sites is 1. The van der Waals surface area contributed by atoms with E-state index in [1.54, 1.807) is 26.0 Å². The summed E-state index contributed by atoms with van der Waals surface area (Å²) >= 11 is 6.17. The maximum Gasteiger partial charge on any atom is 0.255 e. The van der Waals surface area contributed by atoms with E-state index in [1.807, 2.05) is 0 Å². The normalized spacial score (nSPS) is 20.4. The first kappa shape index (κ1) is 23.7. The molecule has 1 N–H and O–H groups in total. The maximum absolute atomic E-state index is 13.2. The Labute approximate surface area is 187 Å². The van der Waals surface area contributed by atoms with Crippen LogP contribution in [0.1, 0.15) is 24.2 Å². The molecule has 1 aliphatic heterocycles. The van der Waals surface area contributed by atoms with E-state index < -0.39 is 25.8 Å². The van der Waals surface area contributed by atoms with Crippen LogP contribution < -0.4 is 5.32 Å². The van der Waals surface area contributed by atoms with Crippen molar-refractivity contribution in [3.63, 3.8) is 0 Å². The number of amides is 1. The topological polar surface area (TPSA) is 110 Å². The lowest BCUT2D eigenvalue weighted by atomic mass is 10.2. The molecule has 8 nitrogen and oxygen atoms in total. The molecular weight excluding hydrogens is 464 g/mol. The summed E-state index contributed by atoms with van der Waals surface area (Å²) in [5.74, 6) is -0.659. The molecule has 2 unspecified atom stereocenters. The van der Waals surface area contributed by atoms with Gasteiger partial charge in [0.2, 0.25) is 10.0 Å². The van der Waals surface area contributed by atoms with E-state index in [9.17, 15) is 21.6 Å². The van der Waals surface area contributed by atoms with Gasteiger partial charge in [0.15, 0.2) is 9.84 Å². The van der Waals surface area contributed by atoms with Crippen LogP contribution in [-0.4, -0.2) is 58.6 Å². The molecule has 1 amide bonds. The van der Waals surface area contributed by atoms with E-state index >= 15 is 0 Å². The van der Waals surface area contributed by atoms with Gasteiger partial charge in [-0.15, -0.1) is 0 Å². The van der Waals surface area contributed by atoms with Crippen LogP contribution in [0.5, 0.6) is 0 Å². The van der Waals surface area contributed by atoms with Gasteiger partial charge in [-0.25, -0.2) is 16.8 Å². The number of nitrogens with one attached hydrogen (secondary N) is 1. The summed E-state index contributed by atoms with van der Waals surface area (Å²) in [5.41, 5.74) is 0.130. The van der Waals surface area contributed by atoms with Crippen molar-refractivity contribution in [3.8, 4) is 0 Å². The second kappa shape index (κ2) is 8.87. The minimum atomic E-state index is -3.97. The molecular formula is C20H23ClN2O6S2. The molecule has 31 heavy (non-hydrogen) atoms. The number of carbonyl (C=O) groups is 1. The summed E-state index contributed by atoms with van der Waals surface area (Å²) in [7, 11) is -7.55. The molecule has 0 bridgehead atoms. The predicted molar refractivity (Wildman–Crippen MR) is 118 cm³/mol. The smallest absolute Gasteiger partial charge is 0.255 e. The number of nitrogens with zero attached hydrogens (tertiary/aromatic N) is 1. The molecule has 0 radical (unpaired) electrons. The van der Waals surface area contributed by atoms with Crippen molar-refractivity contribution in [1.29, 1.82) is 0 Å². The van der Waals surface area contributed by atoms with Gasteiger partial charge in [0, 0.05) is 24.9 Å². The molecule has 1 saturated heterocycles. The number of ether oxygens (including phenoxy) is 1. The van der Waals surface area contributed by atoms with Crippen LogP contribution in [0.15, 0.2) is 52.3 Å². The Morgan fingerprint density at radius 1 is 1.03 bits per heavy atom. The third-order valence-corrected chi connectivity index (χ3v) is 8.20. The van der Waals surface area contributed by atoms with Gasteiger partial charge < -0.3 is 10.1 Å². The standard InChI is InChI=1S/C20H23ClN2O6S2/c1-13-11-23(12-14(2)29-13)31(27,28)19-10-15(8-9-16(19)21)20(24)22-17-6-4-5-7-18(17)30(3,25)26/h4-10,13-14H,11-12H2,1-3H3,(H,22,24). The van der Waals surface area contributed by atoms with Gasteiger partial charge in [0.25, 0.3) is 5.91 Å². The van der Waals surface area contributed by atoms with Gasteiger partial charge in [-0.05, 0) is 44.2 Å². The number of sulfonamides is 1. The van der Waals surface area contributed by atoms with E-state index in [2.05, 4.69) is 5.32 Å². The Hall–Kier alpha value is -1.98. The predicted octanol–water partition coefficient (Wildman–Crippen LogP) is 2.79. The number of sulfone groups is 1. The highest BCUT2D eigenvalue weighted by Crippen LogP contribution is 2.29. The van der Waals surface area contributed by atoms with Crippen molar-refractivity contribution in [2.75, 3.05) is 24.7 Å². The van der Waals surface area contributed by atoms with Gasteiger partial charge in [0.1, 0.15) is 4.90 Å². The lowest BCUT2D eigenvalue weighted by Gasteiger charge is -2.34. The van der Waals surface area contributed by atoms with Crippen molar-refractivity contribution < 1.29 is 26.4 Å². The second-order valence-corrected chi connectivity index (χ2v) is 11.7. The van der Waals surface area contributed by atoms with Crippen molar-refractivity contribution >= 4 is 43.1 Å². The van der Waals surface area contributed by atoms with Gasteiger partial charge in [-0.1, -0.05) is 23.7 Å². The van der Waals surface area contributed by atoms with Crippen LogP contribution in [0.2, 0.25) is 5.02 Å². The molecule has 2 aromatic rings. The first-order chi connectivity index (χ1) is 14.4. The average Bonchev–Trinajstić information content (AvgIpc) is 2.67. The minimum Gasteiger partial charge on any atom is -0.373 e. The van der Waals surface area contributed by atoms with E-state index in [1.165, 1.54) is 34.6 Å². The van der Waals surface area contributed by atoms with Crippen LogP contribution in [0.4, 0.5) is 5.69 Å². The molecule has 3 rings (SSSR count). The van der Waals surface area contributed by atoms with Crippen LogP contribution in [0.3, 0.4) is 0 Å². The van der Waals surface area contributed by atoms with E-state index in [-0.39, 0.29) is 51.4 Å². The fourth-order valence-electron chi connectivity index (χ4n) is 3.40. The summed E-state index contributed by atoms with van der Waals surface area (Å²) in [6.07, 6.45) is 0.475. The average molecular weight is 487 g/mol. The molecule has 0 saturated carbocycles. The summed E-state index contributed by atoms with van der Waals surface area (Å²) in [6, 6.07) is 9.87. The third-order valence-electron chi connectivity index (χ3n) is 4.73. The molecule has 1 heterocycles. The second-order valence-electron chi connectivity index (χ2n) is 7.45. The molecule has 2 atom stereocenters. The first-order valence-electron chi connectivity index (χ1n) is 9.45. The number of hydrogen-bond donors (Lipinski definition) is 1. The maximum atomic E-state index is 13.2. The molecule has 1 fully saturated rings. The highest BCUT2D eigenvalue weighted by molar-refractivity contribution is 7.91. The number of hydrogen-bond acceptors (Lipinski definition) is 6. The molecule has 2 aromatic carbocycles. The number of halogens is 1. The zero-order valence-electron chi connectivity index (χ0n) is 17.2. The number of benzene rings is 2. The molecule has 1 aliphatic rings. The fraction of sp³-hybridized carbons (Fsp3) is 0.350.